The number of benzene rings is 2. The van der Waals surface area contributed by atoms with Crippen molar-refractivity contribution < 1.29 is 19.0 Å². The van der Waals surface area contributed by atoms with E-state index in [0.717, 1.165) is 11.1 Å². The van der Waals surface area contributed by atoms with Gasteiger partial charge in [-0.3, -0.25) is 4.79 Å². The molecule has 7 nitrogen and oxygen atoms in total. The molecule has 144 valence electrons. The molecule has 0 spiro atoms. The van der Waals surface area contributed by atoms with E-state index in [1.807, 2.05) is 31.2 Å². The summed E-state index contributed by atoms with van der Waals surface area (Å²) in [7, 11) is 2.98. The molecule has 3 aromatic rings. The molecular weight excluding hydrogens is 360 g/mol. The standard InChI is InChI=1S/C21H20N2O5/c1-5-28-21(25)19-20(24)15-11-17(27-4)16(26-3)10-14(15)18(22-23-19)13-9-7-6-8-12(13)2/h6-11H,5H2,1-4H3. The zero-order valence-electron chi connectivity index (χ0n) is 16.1. The van der Waals surface area contributed by atoms with Crippen molar-refractivity contribution in [3.05, 3.63) is 57.9 Å². The van der Waals surface area contributed by atoms with Crippen LogP contribution in [0.1, 0.15) is 23.0 Å². The van der Waals surface area contributed by atoms with Gasteiger partial charge in [0, 0.05) is 16.3 Å². The van der Waals surface area contributed by atoms with Gasteiger partial charge < -0.3 is 14.2 Å². The number of esters is 1. The van der Waals surface area contributed by atoms with Gasteiger partial charge >= 0.3 is 5.97 Å². The summed E-state index contributed by atoms with van der Waals surface area (Å²) in [6, 6.07) is 10.8. The number of aryl methyl sites for hydroxylation is 1. The fraction of sp³-hybridized carbons (Fsp3) is 0.238. The second-order valence-electron chi connectivity index (χ2n) is 6.01. The van der Waals surface area contributed by atoms with E-state index in [2.05, 4.69) is 10.2 Å². The smallest absolute Gasteiger partial charge is 0.362 e. The van der Waals surface area contributed by atoms with E-state index in [1.54, 1.807) is 13.0 Å². The van der Waals surface area contributed by atoms with Crippen molar-refractivity contribution >= 4 is 16.7 Å². The number of carbonyl (C=O) groups is 1. The first-order valence-corrected chi connectivity index (χ1v) is 8.71. The van der Waals surface area contributed by atoms with Gasteiger partial charge in [-0.05, 0) is 31.5 Å². The molecule has 0 fully saturated rings. The predicted molar refractivity (Wildman–Crippen MR) is 105 cm³/mol. The van der Waals surface area contributed by atoms with Crippen molar-refractivity contribution in [1.82, 2.24) is 10.2 Å². The molecule has 0 saturated carbocycles. The summed E-state index contributed by atoms with van der Waals surface area (Å²) in [5.41, 5.74) is 1.24. The summed E-state index contributed by atoms with van der Waals surface area (Å²) in [5, 5.41) is 8.93. The van der Waals surface area contributed by atoms with Crippen LogP contribution in [0.25, 0.3) is 22.0 Å². The molecule has 0 aliphatic heterocycles. The summed E-state index contributed by atoms with van der Waals surface area (Å²) >= 11 is 0. The highest BCUT2D eigenvalue weighted by Gasteiger charge is 2.20. The van der Waals surface area contributed by atoms with E-state index in [4.69, 9.17) is 14.2 Å². The molecule has 0 saturated heterocycles. The van der Waals surface area contributed by atoms with Crippen molar-refractivity contribution in [2.45, 2.75) is 13.8 Å². The predicted octanol–water partition coefficient (Wildman–Crippen LogP) is 3.16. The number of methoxy groups -OCH3 is 2. The molecule has 2 aromatic carbocycles. The Balaban J connectivity index is 2.48. The summed E-state index contributed by atoms with van der Waals surface area (Å²) in [5.74, 6) is -0.0122. The van der Waals surface area contributed by atoms with Crippen LogP contribution in [0.3, 0.4) is 0 Å². The number of hydrogen-bond acceptors (Lipinski definition) is 7. The Morgan fingerprint density at radius 3 is 2.25 bits per heavy atom. The molecule has 1 aromatic heterocycles. The Morgan fingerprint density at radius 1 is 1.00 bits per heavy atom. The fourth-order valence-electron chi connectivity index (χ4n) is 2.96. The zero-order chi connectivity index (χ0) is 20.3. The fourth-order valence-corrected chi connectivity index (χ4v) is 2.96. The van der Waals surface area contributed by atoms with Gasteiger partial charge in [-0.15, -0.1) is 10.2 Å². The number of nitrogens with zero attached hydrogens (tertiary/aromatic N) is 2. The first-order valence-electron chi connectivity index (χ1n) is 8.71. The highest BCUT2D eigenvalue weighted by Crippen LogP contribution is 2.35. The van der Waals surface area contributed by atoms with Gasteiger partial charge in [0.1, 0.15) is 5.69 Å². The Bertz CT molecular complexity index is 1110. The topological polar surface area (TPSA) is 87.6 Å². The van der Waals surface area contributed by atoms with Crippen molar-refractivity contribution in [2.24, 2.45) is 0 Å². The Morgan fingerprint density at radius 2 is 1.64 bits per heavy atom. The van der Waals surface area contributed by atoms with Crippen LogP contribution in [-0.4, -0.2) is 37.0 Å². The summed E-state index contributed by atoms with van der Waals surface area (Å²) < 4.78 is 15.7. The average molecular weight is 380 g/mol. The van der Waals surface area contributed by atoms with Crippen molar-refractivity contribution in [2.75, 3.05) is 20.8 Å². The van der Waals surface area contributed by atoms with E-state index >= 15 is 0 Å². The van der Waals surface area contributed by atoms with Crippen LogP contribution in [0.2, 0.25) is 0 Å². The Labute approximate surface area is 161 Å². The molecule has 0 aliphatic rings. The molecule has 0 bridgehead atoms. The largest absolute Gasteiger partial charge is 0.493 e. The third-order valence-electron chi connectivity index (χ3n) is 4.36. The van der Waals surface area contributed by atoms with Crippen LogP contribution in [0.5, 0.6) is 11.5 Å². The SMILES string of the molecule is CCOC(=O)c1nnc(-c2ccccc2C)c2cc(OC)c(OC)cc2c1=O. The van der Waals surface area contributed by atoms with Crippen LogP contribution in [0, 0.1) is 6.92 Å². The lowest BCUT2D eigenvalue weighted by Gasteiger charge is -2.10. The number of ether oxygens (including phenoxy) is 3. The van der Waals surface area contributed by atoms with Gasteiger partial charge in [-0.1, -0.05) is 24.3 Å². The number of carbonyl (C=O) groups excluding carboxylic acids is 1. The summed E-state index contributed by atoms with van der Waals surface area (Å²) in [6.07, 6.45) is 0. The lowest BCUT2D eigenvalue weighted by atomic mass is 10.0. The molecule has 0 amide bonds. The van der Waals surface area contributed by atoms with Gasteiger partial charge in [0.05, 0.1) is 20.8 Å². The highest BCUT2D eigenvalue weighted by atomic mass is 16.5. The van der Waals surface area contributed by atoms with Crippen LogP contribution in [0.15, 0.2) is 41.2 Å². The first-order chi connectivity index (χ1) is 13.5. The third-order valence-corrected chi connectivity index (χ3v) is 4.36. The lowest BCUT2D eigenvalue weighted by molar-refractivity contribution is 0.0517. The molecule has 3 rings (SSSR count). The van der Waals surface area contributed by atoms with Gasteiger partial charge in [-0.25, -0.2) is 4.79 Å². The van der Waals surface area contributed by atoms with E-state index in [1.165, 1.54) is 20.3 Å². The molecule has 7 heteroatoms. The van der Waals surface area contributed by atoms with E-state index in [-0.39, 0.29) is 17.7 Å². The Hall–Kier alpha value is -3.48. The molecule has 0 atom stereocenters. The lowest BCUT2D eigenvalue weighted by Crippen LogP contribution is -2.18. The maximum Gasteiger partial charge on any atom is 0.362 e. The number of hydrogen-bond donors (Lipinski definition) is 0. The molecular formula is C21H20N2O5. The molecule has 0 aliphatic carbocycles. The van der Waals surface area contributed by atoms with E-state index in [0.29, 0.717) is 22.6 Å². The van der Waals surface area contributed by atoms with E-state index < -0.39 is 11.4 Å². The molecule has 0 unspecified atom stereocenters. The zero-order valence-corrected chi connectivity index (χ0v) is 16.1. The van der Waals surface area contributed by atoms with Crippen molar-refractivity contribution in [3.63, 3.8) is 0 Å². The maximum atomic E-state index is 13.1. The van der Waals surface area contributed by atoms with Crippen LogP contribution >= 0.6 is 0 Å². The van der Waals surface area contributed by atoms with Gasteiger partial charge in [0.15, 0.2) is 11.5 Å². The van der Waals surface area contributed by atoms with Gasteiger partial charge in [-0.2, -0.15) is 0 Å². The Kier molecular flexibility index (Phi) is 5.54. The minimum absolute atomic E-state index is 0.123. The summed E-state index contributed by atoms with van der Waals surface area (Å²) in [4.78, 5) is 25.3. The monoisotopic (exact) mass is 380 g/mol. The van der Waals surface area contributed by atoms with Gasteiger partial charge in [0.25, 0.3) is 0 Å². The van der Waals surface area contributed by atoms with Crippen molar-refractivity contribution in [1.29, 1.82) is 0 Å². The first kappa shape index (κ1) is 19.3. The summed E-state index contributed by atoms with van der Waals surface area (Å²) in [6.45, 7) is 3.71. The molecule has 0 N–H and O–H groups in total. The second kappa shape index (κ2) is 8.04. The number of fused-ring (bicyclic) bond motifs is 1. The number of aromatic nitrogens is 2. The highest BCUT2D eigenvalue weighted by molar-refractivity contribution is 5.99. The average Bonchev–Trinajstić information content (AvgIpc) is 2.84. The van der Waals surface area contributed by atoms with Gasteiger partial charge in [0.2, 0.25) is 11.1 Å². The molecule has 1 heterocycles. The molecule has 0 radical (unpaired) electrons. The second-order valence-corrected chi connectivity index (χ2v) is 6.01. The van der Waals surface area contributed by atoms with Crippen molar-refractivity contribution in [3.8, 4) is 22.8 Å². The third kappa shape index (κ3) is 3.38. The number of rotatable bonds is 5. The van der Waals surface area contributed by atoms with Crippen LogP contribution in [-0.2, 0) is 4.74 Å². The maximum absolute atomic E-state index is 13.1. The van der Waals surface area contributed by atoms with Crippen LogP contribution < -0.4 is 14.9 Å². The molecule has 28 heavy (non-hydrogen) atoms. The van der Waals surface area contributed by atoms with Crippen LogP contribution in [0.4, 0.5) is 0 Å². The minimum atomic E-state index is -0.817. The normalized spacial score (nSPS) is 10.6. The van der Waals surface area contributed by atoms with E-state index in [9.17, 15) is 9.59 Å². The minimum Gasteiger partial charge on any atom is -0.493 e. The quantitative estimate of drug-likeness (QED) is 0.628.